The average Bonchev–Trinajstić information content (AvgIpc) is 3.16. The van der Waals surface area contributed by atoms with Crippen molar-refractivity contribution in [1.29, 1.82) is 5.26 Å². The number of pyridine rings is 1. The van der Waals surface area contributed by atoms with Crippen molar-refractivity contribution in [3.8, 4) is 17.5 Å². The first-order valence-electron chi connectivity index (χ1n) is 9.85. The van der Waals surface area contributed by atoms with Crippen LogP contribution in [-0.2, 0) is 16.7 Å². The Hall–Kier alpha value is -2.76. The lowest BCUT2D eigenvalue weighted by Crippen LogP contribution is -2.41. The average molecular weight is 377 g/mol. The number of hydrogen-bond donors (Lipinski definition) is 2. The number of fused-ring (bicyclic) bond motifs is 1. The van der Waals surface area contributed by atoms with Crippen molar-refractivity contribution in [2.24, 2.45) is 0 Å². The quantitative estimate of drug-likeness (QED) is 0.724. The molecule has 8 heteroatoms. The molecule has 2 unspecified atom stereocenters. The Balaban J connectivity index is 1.79. The molecule has 144 valence electrons. The molecule has 1 aliphatic carbocycles. The van der Waals surface area contributed by atoms with Gasteiger partial charge >= 0.3 is 0 Å². The smallest absolute Gasteiger partial charge is 0.139 e. The van der Waals surface area contributed by atoms with E-state index in [4.69, 9.17) is 14.8 Å². The zero-order valence-electron chi connectivity index (χ0n) is 16.1. The summed E-state index contributed by atoms with van der Waals surface area (Å²) < 4.78 is 8.00. The lowest BCUT2D eigenvalue weighted by atomic mass is 9.93. The number of aromatic nitrogens is 5. The van der Waals surface area contributed by atoms with E-state index in [0.717, 1.165) is 53.1 Å². The van der Waals surface area contributed by atoms with Gasteiger partial charge in [0.05, 0.1) is 29.3 Å². The summed E-state index contributed by atoms with van der Waals surface area (Å²) in [6, 6.07) is 6.68. The van der Waals surface area contributed by atoms with Crippen LogP contribution in [0.2, 0.25) is 0 Å². The number of nitrogens with zero attached hydrogens (tertiary/aromatic N) is 5. The molecule has 0 radical (unpaired) electrons. The predicted molar refractivity (Wildman–Crippen MR) is 103 cm³/mol. The van der Waals surface area contributed by atoms with Gasteiger partial charge in [0, 0.05) is 30.9 Å². The van der Waals surface area contributed by atoms with Gasteiger partial charge in [-0.25, -0.2) is 4.98 Å². The van der Waals surface area contributed by atoms with Gasteiger partial charge in [-0.15, -0.1) is 0 Å². The van der Waals surface area contributed by atoms with Crippen LogP contribution in [0.5, 0.6) is 0 Å². The van der Waals surface area contributed by atoms with Gasteiger partial charge in [-0.2, -0.15) is 15.5 Å². The van der Waals surface area contributed by atoms with Crippen molar-refractivity contribution in [3.63, 3.8) is 0 Å². The van der Waals surface area contributed by atoms with Crippen molar-refractivity contribution in [2.75, 3.05) is 13.2 Å². The zero-order valence-corrected chi connectivity index (χ0v) is 16.1. The van der Waals surface area contributed by atoms with E-state index in [9.17, 15) is 5.26 Å². The minimum absolute atomic E-state index is 0.150. The highest BCUT2D eigenvalue weighted by Crippen LogP contribution is 2.51. The van der Waals surface area contributed by atoms with E-state index < -0.39 is 5.41 Å². The second-order valence-electron chi connectivity index (χ2n) is 7.64. The topological polar surface area (TPSA) is 104 Å². The first-order chi connectivity index (χ1) is 13.7. The molecule has 1 saturated heterocycles. The molecule has 3 aromatic rings. The third-order valence-corrected chi connectivity index (χ3v) is 5.85. The summed E-state index contributed by atoms with van der Waals surface area (Å²) in [4.78, 5) is 5.00. The molecule has 0 amide bonds. The lowest BCUT2D eigenvalue weighted by molar-refractivity contribution is -0.00267. The van der Waals surface area contributed by atoms with Gasteiger partial charge < -0.3 is 10.1 Å². The molecule has 28 heavy (non-hydrogen) atoms. The van der Waals surface area contributed by atoms with Crippen molar-refractivity contribution < 1.29 is 4.74 Å². The van der Waals surface area contributed by atoms with Gasteiger partial charge in [-0.1, -0.05) is 0 Å². The van der Waals surface area contributed by atoms with Crippen LogP contribution >= 0.6 is 0 Å². The maximum Gasteiger partial charge on any atom is 0.139 e. The Bertz CT molecular complexity index is 1060. The number of ether oxygens (including phenoxy) is 1. The highest BCUT2D eigenvalue weighted by molar-refractivity contribution is 5.92. The van der Waals surface area contributed by atoms with Crippen LogP contribution in [0.4, 0.5) is 0 Å². The minimum Gasteiger partial charge on any atom is -0.369 e. The molecule has 0 spiro atoms. The molecule has 1 aliphatic heterocycles. The standard InChI is InChI=1S/C20H23N7O/c1-3-27-18-13(20(11-21)5-6-20)10-15(19-12(2)22-8-9-28-19)24-17(18)16(26-27)14-4-7-23-25-14/h4,7,10,12,19,22H,3,5-6,8-9H2,1-2H3,(H,23,25). The van der Waals surface area contributed by atoms with Crippen molar-refractivity contribution in [3.05, 3.63) is 29.6 Å². The molecule has 2 atom stereocenters. The number of hydrogen-bond acceptors (Lipinski definition) is 6. The summed E-state index contributed by atoms with van der Waals surface area (Å²) in [6.07, 6.45) is 3.37. The second-order valence-corrected chi connectivity index (χ2v) is 7.64. The van der Waals surface area contributed by atoms with Gasteiger partial charge in [0.15, 0.2) is 0 Å². The lowest BCUT2D eigenvalue weighted by Gasteiger charge is -2.30. The van der Waals surface area contributed by atoms with Crippen LogP contribution in [0.15, 0.2) is 18.3 Å². The fraction of sp³-hybridized carbons (Fsp3) is 0.500. The fourth-order valence-electron chi connectivity index (χ4n) is 4.14. The van der Waals surface area contributed by atoms with Crippen LogP contribution in [0.3, 0.4) is 0 Å². The van der Waals surface area contributed by atoms with Crippen LogP contribution in [-0.4, -0.2) is 44.2 Å². The summed E-state index contributed by atoms with van der Waals surface area (Å²) in [5.41, 5.74) is 4.67. The third kappa shape index (κ3) is 2.54. The molecule has 0 bridgehead atoms. The molecule has 2 fully saturated rings. The van der Waals surface area contributed by atoms with Gasteiger partial charge in [-0.05, 0) is 38.8 Å². The summed E-state index contributed by atoms with van der Waals surface area (Å²) in [5.74, 6) is 0. The van der Waals surface area contributed by atoms with Crippen LogP contribution < -0.4 is 5.32 Å². The van der Waals surface area contributed by atoms with Crippen LogP contribution in [0, 0.1) is 11.3 Å². The first kappa shape index (κ1) is 17.3. The number of rotatable bonds is 4. The molecule has 1 saturated carbocycles. The Labute approximate surface area is 162 Å². The van der Waals surface area contributed by atoms with E-state index in [0.29, 0.717) is 13.2 Å². The van der Waals surface area contributed by atoms with E-state index in [-0.39, 0.29) is 12.1 Å². The van der Waals surface area contributed by atoms with E-state index in [1.807, 2.05) is 10.7 Å². The highest BCUT2D eigenvalue weighted by atomic mass is 16.5. The monoisotopic (exact) mass is 377 g/mol. The molecule has 3 aromatic heterocycles. The van der Waals surface area contributed by atoms with E-state index in [2.05, 4.69) is 41.5 Å². The Morgan fingerprint density at radius 1 is 1.43 bits per heavy atom. The number of nitriles is 1. The fourth-order valence-corrected chi connectivity index (χ4v) is 4.14. The molecular weight excluding hydrogens is 354 g/mol. The SMILES string of the molecule is CCn1nc(-c2cc[nH]n2)c2nc(C3OCCNC3C)cc(C3(C#N)CC3)c21. The normalized spacial score (nSPS) is 23.6. The first-order valence-corrected chi connectivity index (χ1v) is 9.85. The highest BCUT2D eigenvalue weighted by Gasteiger charge is 2.47. The summed E-state index contributed by atoms with van der Waals surface area (Å²) in [7, 11) is 0. The van der Waals surface area contributed by atoms with Gasteiger partial charge in [0.2, 0.25) is 0 Å². The second kappa shape index (κ2) is 6.40. The number of morpholine rings is 1. The van der Waals surface area contributed by atoms with Crippen molar-refractivity contribution in [1.82, 2.24) is 30.3 Å². The molecule has 8 nitrogen and oxygen atoms in total. The number of aryl methyl sites for hydroxylation is 1. The van der Waals surface area contributed by atoms with Gasteiger partial charge in [-0.3, -0.25) is 9.78 Å². The summed E-state index contributed by atoms with van der Waals surface area (Å²) in [6.45, 7) is 6.35. The summed E-state index contributed by atoms with van der Waals surface area (Å²) in [5, 5.41) is 25.3. The van der Waals surface area contributed by atoms with Crippen molar-refractivity contribution >= 4 is 11.0 Å². The van der Waals surface area contributed by atoms with E-state index >= 15 is 0 Å². The van der Waals surface area contributed by atoms with Gasteiger partial charge in [0.1, 0.15) is 23.0 Å². The molecular formula is C20H23N7O. The van der Waals surface area contributed by atoms with Crippen molar-refractivity contribution in [2.45, 2.75) is 50.8 Å². The molecule has 2 N–H and O–H groups in total. The zero-order chi connectivity index (χ0) is 19.3. The number of nitrogens with one attached hydrogen (secondary N) is 2. The largest absolute Gasteiger partial charge is 0.369 e. The maximum atomic E-state index is 9.92. The van der Waals surface area contributed by atoms with Crippen LogP contribution in [0.25, 0.3) is 22.4 Å². The van der Waals surface area contributed by atoms with E-state index in [1.165, 1.54) is 0 Å². The van der Waals surface area contributed by atoms with Gasteiger partial charge in [0.25, 0.3) is 0 Å². The minimum atomic E-state index is -0.447. The Kier molecular flexibility index (Phi) is 3.96. The summed E-state index contributed by atoms with van der Waals surface area (Å²) >= 11 is 0. The van der Waals surface area contributed by atoms with Crippen LogP contribution in [0.1, 0.15) is 44.1 Å². The number of H-pyrrole nitrogens is 1. The maximum absolute atomic E-state index is 9.92. The third-order valence-electron chi connectivity index (χ3n) is 5.85. The Morgan fingerprint density at radius 2 is 2.29 bits per heavy atom. The molecule has 0 aromatic carbocycles. The molecule has 5 rings (SSSR count). The molecule has 4 heterocycles. The number of aromatic amines is 1. The Morgan fingerprint density at radius 3 is 2.93 bits per heavy atom. The predicted octanol–water partition coefficient (Wildman–Crippen LogP) is 2.45. The molecule has 2 aliphatic rings. The van der Waals surface area contributed by atoms with E-state index in [1.54, 1.807) is 6.20 Å².